The van der Waals surface area contributed by atoms with E-state index in [-0.39, 0.29) is 5.91 Å². The number of rotatable bonds is 6. The fourth-order valence-corrected chi connectivity index (χ4v) is 1.98. The molecule has 0 unspecified atom stereocenters. The molecule has 16 heavy (non-hydrogen) atoms. The molecule has 0 spiro atoms. The summed E-state index contributed by atoms with van der Waals surface area (Å²) in [5.74, 6) is 6.56. The van der Waals surface area contributed by atoms with Crippen molar-refractivity contribution in [3.8, 4) is 0 Å². The fourth-order valence-electron chi connectivity index (χ4n) is 1.09. The first-order valence-corrected chi connectivity index (χ1v) is 6.17. The van der Waals surface area contributed by atoms with Gasteiger partial charge >= 0.3 is 0 Å². The standard InChI is InChI=1S/C10H16N4OS/c11-4-1-5-16-7-9-3-2-8(6-13-9)10(15)14-12/h2-3,6H,1,4-5,7,11-12H2,(H,14,15). The quantitative estimate of drug-likeness (QED) is 0.287. The van der Waals surface area contributed by atoms with Gasteiger partial charge < -0.3 is 5.73 Å². The van der Waals surface area contributed by atoms with E-state index in [2.05, 4.69) is 10.4 Å². The van der Waals surface area contributed by atoms with E-state index in [0.717, 1.165) is 30.2 Å². The van der Waals surface area contributed by atoms with Crippen molar-refractivity contribution in [3.05, 3.63) is 29.6 Å². The largest absolute Gasteiger partial charge is 0.330 e. The number of aromatic nitrogens is 1. The maximum atomic E-state index is 11.1. The molecule has 1 amide bonds. The molecule has 0 fully saturated rings. The zero-order chi connectivity index (χ0) is 11.8. The van der Waals surface area contributed by atoms with Gasteiger partial charge in [0.05, 0.1) is 11.3 Å². The summed E-state index contributed by atoms with van der Waals surface area (Å²) >= 11 is 1.78. The van der Waals surface area contributed by atoms with Gasteiger partial charge in [-0.3, -0.25) is 15.2 Å². The number of nitrogen functional groups attached to an aromatic ring is 1. The topological polar surface area (TPSA) is 94.0 Å². The summed E-state index contributed by atoms with van der Waals surface area (Å²) in [5, 5.41) is 0. The highest BCUT2D eigenvalue weighted by Crippen LogP contribution is 2.11. The Labute approximate surface area is 99.0 Å². The van der Waals surface area contributed by atoms with Gasteiger partial charge in [0.15, 0.2) is 0 Å². The maximum absolute atomic E-state index is 11.1. The molecule has 6 heteroatoms. The highest BCUT2D eigenvalue weighted by molar-refractivity contribution is 7.98. The number of hydrazine groups is 1. The molecule has 5 N–H and O–H groups in total. The molecule has 1 rings (SSSR count). The van der Waals surface area contributed by atoms with E-state index >= 15 is 0 Å². The van der Waals surface area contributed by atoms with E-state index in [0.29, 0.717) is 5.56 Å². The molecule has 0 radical (unpaired) electrons. The van der Waals surface area contributed by atoms with Crippen LogP contribution in [0.1, 0.15) is 22.5 Å². The Morgan fingerprint density at radius 1 is 1.50 bits per heavy atom. The van der Waals surface area contributed by atoms with Crippen LogP contribution in [0.5, 0.6) is 0 Å². The molecule has 1 aromatic heterocycles. The first-order chi connectivity index (χ1) is 7.77. The van der Waals surface area contributed by atoms with E-state index < -0.39 is 0 Å². The fraction of sp³-hybridized carbons (Fsp3) is 0.400. The van der Waals surface area contributed by atoms with Crippen LogP contribution in [-0.2, 0) is 5.75 Å². The van der Waals surface area contributed by atoms with Gasteiger partial charge in [0.25, 0.3) is 5.91 Å². The second kappa shape index (κ2) is 7.21. The number of hydrogen-bond donors (Lipinski definition) is 3. The van der Waals surface area contributed by atoms with E-state index in [1.54, 1.807) is 17.8 Å². The molecular formula is C10H16N4OS. The molecule has 0 aliphatic heterocycles. The number of nitrogens with two attached hydrogens (primary N) is 2. The number of thioether (sulfide) groups is 1. The molecule has 0 saturated heterocycles. The molecule has 0 bridgehead atoms. The van der Waals surface area contributed by atoms with Crippen LogP contribution in [0.3, 0.4) is 0 Å². The Morgan fingerprint density at radius 3 is 2.88 bits per heavy atom. The van der Waals surface area contributed by atoms with Gasteiger partial charge in [-0.1, -0.05) is 0 Å². The van der Waals surface area contributed by atoms with Crippen molar-refractivity contribution in [1.82, 2.24) is 10.4 Å². The van der Waals surface area contributed by atoms with Crippen LogP contribution in [0.15, 0.2) is 18.3 Å². The number of carbonyl (C=O) groups is 1. The van der Waals surface area contributed by atoms with Crippen molar-refractivity contribution in [1.29, 1.82) is 0 Å². The highest BCUT2D eigenvalue weighted by atomic mass is 32.2. The molecular weight excluding hydrogens is 224 g/mol. The van der Waals surface area contributed by atoms with Gasteiger partial charge in [0, 0.05) is 11.9 Å². The van der Waals surface area contributed by atoms with Gasteiger partial charge in [-0.25, -0.2) is 5.84 Å². The predicted octanol–water partition coefficient (Wildman–Crippen LogP) is 0.267. The average Bonchev–Trinajstić information content (AvgIpc) is 2.34. The summed E-state index contributed by atoms with van der Waals surface area (Å²) in [6.45, 7) is 0.718. The number of nitrogens with zero attached hydrogens (tertiary/aromatic N) is 1. The molecule has 1 heterocycles. The van der Waals surface area contributed by atoms with Crippen LogP contribution < -0.4 is 17.0 Å². The van der Waals surface area contributed by atoms with Crippen molar-refractivity contribution < 1.29 is 4.79 Å². The first-order valence-electron chi connectivity index (χ1n) is 5.01. The SMILES string of the molecule is NCCCSCc1ccc(C(=O)NN)cn1. The summed E-state index contributed by atoms with van der Waals surface area (Å²) < 4.78 is 0. The van der Waals surface area contributed by atoms with Crippen LogP contribution in [0.4, 0.5) is 0 Å². The van der Waals surface area contributed by atoms with Crippen molar-refractivity contribution >= 4 is 17.7 Å². The Hall–Kier alpha value is -1.11. The summed E-state index contributed by atoms with van der Waals surface area (Å²) in [6.07, 6.45) is 2.54. The van der Waals surface area contributed by atoms with Crippen molar-refractivity contribution in [2.24, 2.45) is 11.6 Å². The minimum Gasteiger partial charge on any atom is -0.330 e. The number of amides is 1. The lowest BCUT2D eigenvalue weighted by molar-refractivity contribution is 0.0953. The van der Waals surface area contributed by atoms with Crippen LogP contribution in [0.25, 0.3) is 0 Å². The number of carbonyl (C=O) groups excluding carboxylic acids is 1. The molecule has 0 atom stereocenters. The van der Waals surface area contributed by atoms with Crippen LogP contribution in [0, 0.1) is 0 Å². The molecule has 0 aliphatic carbocycles. The maximum Gasteiger partial charge on any atom is 0.266 e. The smallest absolute Gasteiger partial charge is 0.266 e. The second-order valence-electron chi connectivity index (χ2n) is 3.21. The van der Waals surface area contributed by atoms with E-state index in [1.807, 2.05) is 6.07 Å². The molecule has 0 aliphatic rings. The average molecular weight is 240 g/mol. The lowest BCUT2D eigenvalue weighted by atomic mass is 10.2. The minimum absolute atomic E-state index is 0.324. The van der Waals surface area contributed by atoms with Crippen molar-refractivity contribution in [2.45, 2.75) is 12.2 Å². The van der Waals surface area contributed by atoms with E-state index in [1.165, 1.54) is 6.20 Å². The van der Waals surface area contributed by atoms with Crippen LogP contribution >= 0.6 is 11.8 Å². The summed E-state index contributed by atoms with van der Waals surface area (Å²) in [4.78, 5) is 15.3. The Kier molecular flexibility index (Phi) is 5.84. The zero-order valence-electron chi connectivity index (χ0n) is 8.98. The van der Waals surface area contributed by atoms with Crippen LogP contribution in [0.2, 0.25) is 0 Å². The minimum atomic E-state index is -0.324. The summed E-state index contributed by atoms with van der Waals surface area (Å²) in [6, 6.07) is 3.55. The third-order valence-electron chi connectivity index (χ3n) is 1.96. The molecule has 1 aromatic rings. The third kappa shape index (κ3) is 4.18. The van der Waals surface area contributed by atoms with Gasteiger partial charge in [0.1, 0.15) is 0 Å². The van der Waals surface area contributed by atoms with Crippen molar-refractivity contribution in [3.63, 3.8) is 0 Å². The van der Waals surface area contributed by atoms with Gasteiger partial charge in [0.2, 0.25) is 0 Å². The molecule has 0 aromatic carbocycles. The first kappa shape index (κ1) is 13.0. The Morgan fingerprint density at radius 2 is 2.31 bits per heavy atom. The number of hydrogen-bond acceptors (Lipinski definition) is 5. The zero-order valence-corrected chi connectivity index (χ0v) is 9.80. The molecule has 5 nitrogen and oxygen atoms in total. The lowest BCUT2D eigenvalue weighted by Crippen LogP contribution is -2.30. The monoisotopic (exact) mass is 240 g/mol. The molecule has 88 valence electrons. The summed E-state index contributed by atoms with van der Waals surface area (Å²) in [7, 11) is 0. The Balaban J connectivity index is 2.42. The van der Waals surface area contributed by atoms with E-state index in [4.69, 9.17) is 11.6 Å². The second-order valence-corrected chi connectivity index (χ2v) is 4.31. The van der Waals surface area contributed by atoms with Crippen LogP contribution in [-0.4, -0.2) is 23.2 Å². The highest BCUT2D eigenvalue weighted by Gasteiger charge is 2.03. The molecule has 0 saturated carbocycles. The van der Waals surface area contributed by atoms with Gasteiger partial charge in [-0.15, -0.1) is 0 Å². The normalized spacial score (nSPS) is 10.1. The number of pyridine rings is 1. The van der Waals surface area contributed by atoms with Crippen molar-refractivity contribution in [2.75, 3.05) is 12.3 Å². The Bertz CT molecular complexity index is 328. The predicted molar refractivity (Wildman–Crippen MR) is 65.7 cm³/mol. The number of nitrogens with one attached hydrogen (secondary N) is 1. The summed E-state index contributed by atoms with van der Waals surface area (Å²) in [5.41, 5.74) is 8.88. The van der Waals surface area contributed by atoms with E-state index in [9.17, 15) is 4.79 Å². The van der Waals surface area contributed by atoms with Gasteiger partial charge in [-0.05, 0) is 30.9 Å². The van der Waals surface area contributed by atoms with Gasteiger partial charge in [-0.2, -0.15) is 11.8 Å². The lowest BCUT2D eigenvalue weighted by Gasteiger charge is -2.02. The third-order valence-corrected chi connectivity index (χ3v) is 3.04.